The SMILES string of the molecule is CC(C)n1cc(OCc2cncn2C2CC2)cn1. The molecule has 18 heavy (non-hydrogen) atoms. The van der Waals surface area contributed by atoms with Crippen molar-refractivity contribution in [2.45, 2.75) is 45.4 Å². The summed E-state index contributed by atoms with van der Waals surface area (Å²) in [6, 6.07) is 1.00. The molecule has 1 aliphatic carbocycles. The lowest BCUT2D eigenvalue weighted by Crippen LogP contribution is -2.03. The monoisotopic (exact) mass is 246 g/mol. The van der Waals surface area contributed by atoms with Crippen molar-refractivity contribution in [3.63, 3.8) is 0 Å². The Kier molecular flexibility index (Phi) is 2.81. The normalized spacial score (nSPS) is 15.3. The van der Waals surface area contributed by atoms with Gasteiger partial charge in [0.05, 0.1) is 30.6 Å². The minimum atomic E-state index is 0.361. The minimum absolute atomic E-state index is 0.361. The van der Waals surface area contributed by atoms with E-state index in [2.05, 4.69) is 28.5 Å². The predicted molar refractivity (Wildman–Crippen MR) is 67.4 cm³/mol. The highest BCUT2D eigenvalue weighted by Gasteiger charge is 2.25. The van der Waals surface area contributed by atoms with E-state index in [4.69, 9.17) is 4.74 Å². The summed E-state index contributed by atoms with van der Waals surface area (Å²) in [7, 11) is 0. The van der Waals surface area contributed by atoms with Gasteiger partial charge in [0.1, 0.15) is 6.61 Å². The maximum Gasteiger partial charge on any atom is 0.157 e. The van der Waals surface area contributed by atoms with E-state index >= 15 is 0 Å². The standard InChI is InChI=1S/C13H18N4O/c1-10(2)17-7-13(6-15-17)18-8-12-5-14-9-16(12)11-3-4-11/h5-7,9-11H,3-4,8H2,1-2H3. The third-order valence-electron chi connectivity index (χ3n) is 3.18. The van der Waals surface area contributed by atoms with Crippen LogP contribution in [-0.4, -0.2) is 19.3 Å². The molecular formula is C13H18N4O. The molecule has 2 aromatic heterocycles. The number of hydrogen-bond acceptors (Lipinski definition) is 3. The van der Waals surface area contributed by atoms with Crippen molar-refractivity contribution >= 4 is 0 Å². The Morgan fingerprint density at radius 1 is 1.39 bits per heavy atom. The molecule has 0 saturated heterocycles. The van der Waals surface area contributed by atoms with E-state index in [1.165, 1.54) is 12.8 Å². The van der Waals surface area contributed by atoms with Crippen molar-refractivity contribution in [1.82, 2.24) is 19.3 Å². The Morgan fingerprint density at radius 2 is 2.22 bits per heavy atom. The highest BCUT2D eigenvalue weighted by Crippen LogP contribution is 2.35. The molecule has 0 N–H and O–H groups in total. The first-order chi connectivity index (χ1) is 8.74. The molecule has 0 radical (unpaired) electrons. The van der Waals surface area contributed by atoms with Gasteiger partial charge in [-0.2, -0.15) is 5.10 Å². The smallest absolute Gasteiger partial charge is 0.157 e. The van der Waals surface area contributed by atoms with Crippen LogP contribution in [0.25, 0.3) is 0 Å². The third-order valence-corrected chi connectivity index (χ3v) is 3.18. The van der Waals surface area contributed by atoms with Gasteiger partial charge in [-0.25, -0.2) is 4.98 Å². The van der Waals surface area contributed by atoms with E-state index < -0.39 is 0 Å². The molecule has 0 spiro atoms. The molecule has 0 aliphatic heterocycles. The van der Waals surface area contributed by atoms with Gasteiger partial charge < -0.3 is 9.30 Å². The molecule has 96 valence electrons. The second-order valence-corrected chi connectivity index (χ2v) is 5.06. The third kappa shape index (κ3) is 2.25. The fourth-order valence-electron chi connectivity index (χ4n) is 1.96. The Hall–Kier alpha value is -1.78. The first-order valence-corrected chi connectivity index (χ1v) is 6.41. The topological polar surface area (TPSA) is 44.9 Å². The zero-order valence-corrected chi connectivity index (χ0v) is 10.8. The molecule has 0 bridgehead atoms. The van der Waals surface area contributed by atoms with E-state index in [1.54, 1.807) is 6.20 Å². The number of hydrogen-bond donors (Lipinski definition) is 0. The van der Waals surface area contributed by atoms with E-state index in [1.807, 2.05) is 23.4 Å². The van der Waals surface area contributed by atoms with Crippen molar-refractivity contribution in [3.05, 3.63) is 30.6 Å². The predicted octanol–water partition coefficient (Wildman–Crippen LogP) is 2.57. The van der Waals surface area contributed by atoms with Crippen molar-refractivity contribution in [3.8, 4) is 5.75 Å². The average molecular weight is 246 g/mol. The molecule has 5 nitrogen and oxygen atoms in total. The molecule has 3 rings (SSSR count). The summed E-state index contributed by atoms with van der Waals surface area (Å²) in [4.78, 5) is 4.19. The lowest BCUT2D eigenvalue weighted by molar-refractivity contribution is 0.294. The van der Waals surface area contributed by atoms with Crippen LogP contribution in [0.1, 0.15) is 44.5 Å². The van der Waals surface area contributed by atoms with Crippen LogP contribution in [0.3, 0.4) is 0 Å². The average Bonchev–Trinajstić information content (AvgIpc) is 2.92. The van der Waals surface area contributed by atoms with Crippen molar-refractivity contribution < 1.29 is 4.74 Å². The second-order valence-electron chi connectivity index (χ2n) is 5.06. The first-order valence-electron chi connectivity index (χ1n) is 6.41. The fraction of sp³-hybridized carbons (Fsp3) is 0.538. The number of nitrogens with zero attached hydrogens (tertiary/aromatic N) is 4. The van der Waals surface area contributed by atoms with E-state index in [9.17, 15) is 0 Å². The fourth-order valence-corrected chi connectivity index (χ4v) is 1.96. The van der Waals surface area contributed by atoms with E-state index in [0.717, 1.165) is 11.4 Å². The lowest BCUT2D eigenvalue weighted by Gasteiger charge is -2.07. The maximum absolute atomic E-state index is 5.76. The number of rotatable bonds is 5. The summed E-state index contributed by atoms with van der Waals surface area (Å²) >= 11 is 0. The maximum atomic E-state index is 5.76. The van der Waals surface area contributed by atoms with Gasteiger partial charge in [-0.05, 0) is 26.7 Å². The van der Waals surface area contributed by atoms with Crippen LogP contribution < -0.4 is 4.74 Å². The van der Waals surface area contributed by atoms with Crippen LogP contribution in [0.5, 0.6) is 5.75 Å². The summed E-state index contributed by atoms with van der Waals surface area (Å²) in [5, 5.41) is 4.25. The van der Waals surface area contributed by atoms with Crippen LogP contribution in [0, 0.1) is 0 Å². The van der Waals surface area contributed by atoms with Gasteiger partial charge >= 0.3 is 0 Å². The summed E-state index contributed by atoms with van der Waals surface area (Å²) in [6.45, 7) is 4.75. The Balaban J connectivity index is 1.64. The summed E-state index contributed by atoms with van der Waals surface area (Å²) in [6.07, 6.45) is 9.99. The number of ether oxygens (including phenoxy) is 1. The molecule has 1 aliphatic rings. The molecule has 2 aromatic rings. The molecule has 2 heterocycles. The van der Waals surface area contributed by atoms with Crippen LogP contribution in [0.2, 0.25) is 0 Å². The molecule has 0 unspecified atom stereocenters. The first kappa shape index (κ1) is 11.3. The van der Waals surface area contributed by atoms with E-state index in [0.29, 0.717) is 18.7 Å². The van der Waals surface area contributed by atoms with Crippen LogP contribution in [0.15, 0.2) is 24.9 Å². The van der Waals surface area contributed by atoms with Gasteiger partial charge in [-0.1, -0.05) is 0 Å². The van der Waals surface area contributed by atoms with Gasteiger partial charge in [0, 0.05) is 12.1 Å². The number of aromatic nitrogens is 4. The van der Waals surface area contributed by atoms with Gasteiger partial charge in [-0.3, -0.25) is 4.68 Å². The largest absolute Gasteiger partial charge is 0.484 e. The highest BCUT2D eigenvalue weighted by molar-refractivity contribution is 5.13. The van der Waals surface area contributed by atoms with Gasteiger partial charge in [0.2, 0.25) is 0 Å². The molecule has 1 saturated carbocycles. The van der Waals surface area contributed by atoms with Crippen LogP contribution >= 0.6 is 0 Å². The zero-order valence-electron chi connectivity index (χ0n) is 10.8. The van der Waals surface area contributed by atoms with Crippen molar-refractivity contribution in [1.29, 1.82) is 0 Å². The Labute approximate surface area is 106 Å². The Morgan fingerprint density at radius 3 is 2.89 bits per heavy atom. The molecule has 0 amide bonds. The molecule has 0 atom stereocenters. The lowest BCUT2D eigenvalue weighted by atomic mass is 10.4. The van der Waals surface area contributed by atoms with Crippen molar-refractivity contribution in [2.75, 3.05) is 0 Å². The summed E-state index contributed by atoms with van der Waals surface area (Å²) < 4.78 is 9.87. The van der Waals surface area contributed by atoms with E-state index in [-0.39, 0.29) is 0 Å². The molecular weight excluding hydrogens is 228 g/mol. The molecule has 0 aromatic carbocycles. The minimum Gasteiger partial charge on any atom is -0.484 e. The van der Waals surface area contributed by atoms with Gasteiger partial charge in [0.25, 0.3) is 0 Å². The van der Waals surface area contributed by atoms with Crippen LogP contribution in [-0.2, 0) is 6.61 Å². The molecule has 1 fully saturated rings. The summed E-state index contributed by atoms with van der Waals surface area (Å²) in [5.74, 6) is 0.812. The Bertz CT molecular complexity index is 525. The van der Waals surface area contributed by atoms with Crippen molar-refractivity contribution in [2.24, 2.45) is 0 Å². The quantitative estimate of drug-likeness (QED) is 0.814. The number of imidazole rings is 1. The summed E-state index contributed by atoms with van der Waals surface area (Å²) in [5.41, 5.74) is 1.13. The highest BCUT2D eigenvalue weighted by atomic mass is 16.5. The molecule has 5 heteroatoms. The van der Waals surface area contributed by atoms with Crippen LogP contribution in [0.4, 0.5) is 0 Å². The van der Waals surface area contributed by atoms with Gasteiger partial charge in [-0.15, -0.1) is 0 Å². The van der Waals surface area contributed by atoms with Gasteiger partial charge in [0.15, 0.2) is 5.75 Å². The zero-order chi connectivity index (χ0) is 12.5. The second kappa shape index (κ2) is 4.48.